The minimum atomic E-state index is -0.0761. The number of rotatable bonds is 4. The van der Waals surface area contributed by atoms with Crippen molar-refractivity contribution < 1.29 is 15.0 Å². The number of carbonyl (C=O) groups is 1. The number of phenolic OH excluding ortho intramolecular Hbond substituents is 2. The number of hydrogen-bond donors (Lipinski definition) is 2. The Morgan fingerprint density at radius 2 is 1.58 bits per heavy atom. The molecule has 3 aromatic rings. The van der Waals surface area contributed by atoms with Gasteiger partial charge in [0.05, 0.1) is 5.69 Å². The van der Waals surface area contributed by atoms with Gasteiger partial charge < -0.3 is 10.2 Å². The van der Waals surface area contributed by atoms with E-state index in [-0.39, 0.29) is 17.3 Å². The van der Waals surface area contributed by atoms with Crippen LogP contribution in [-0.2, 0) is 0 Å². The van der Waals surface area contributed by atoms with Crippen LogP contribution in [0.15, 0.2) is 77.8 Å². The molecule has 4 heteroatoms. The van der Waals surface area contributed by atoms with Crippen molar-refractivity contribution in [2.45, 2.75) is 0 Å². The Morgan fingerprint density at radius 1 is 0.833 bits per heavy atom. The summed E-state index contributed by atoms with van der Waals surface area (Å²) < 4.78 is 0. The lowest BCUT2D eigenvalue weighted by Crippen LogP contribution is -2.00. The van der Waals surface area contributed by atoms with Gasteiger partial charge in [0, 0.05) is 22.9 Å². The zero-order valence-corrected chi connectivity index (χ0v) is 12.8. The molecule has 0 atom stereocenters. The van der Waals surface area contributed by atoms with Crippen LogP contribution in [0.25, 0.3) is 0 Å². The molecule has 0 aliphatic heterocycles. The zero-order chi connectivity index (χ0) is 16.9. The highest BCUT2D eigenvalue weighted by atomic mass is 16.3. The smallest absolute Gasteiger partial charge is 0.193 e. The zero-order valence-electron chi connectivity index (χ0n) is 12.8. The summed E-state index contributed by atoms with van der Waals surface area (Å²) >= 11 is 0. The Balaban J connectivity index is 1.87. The van der Waals surface area contributed by atoms with Gasteiger partial charge in [-0.25, -0.2) is 0 Å². The molecule has 0 heterocycles. The van der Waals surface area contributed by atoms with Gasteiger partial charge >= 0.3 is 0 Å². The summed E-state index contributed by atoms with van der Waals surface area (Å²) in [6.45, 7) is 0. The van der Waals surface area contributed by atoms with Gasteiger partial charge in [-0.05, 0) is 30.3 Å². The van der Waals surface area contributed by atoms with E-state index in [1.54, 1.807) is 36.4 Å². The van der Waals surface area contributed by atoms with Gasteiger partial charge in [-0.1, -0.05) is 42.5 Å². The van der Waals surface area contributed by atoms with Crippen LogP contribution < -0.4 is 0 Å². The van der Waals surface area contributed by atoms with Crippen LogP contribution in [0.2, 0.25) is 0 Å². The highest BCUT2D eigenvalue weighted by Gasteiger charge is 2.08. The monoisotopic (exact) mass is 317 g/mol. The van der Waals surface area contributed by atoms with Gasteiger partial charge in [0.1, 0.15) is 11.5 Å². The molecular weight excluding hydrogens is 302 g/mol. The normalized spacial score (nSPS) is 10.8. The molecule has 0 saturated heterocycles. The van der Waals surface area contributed by atoms with Gasteiger partial charge in [-0.15, -0.1) is 0 Å². The molecule has 0 aromatic heterocycles. The van der Waals surface area contributed by atoms with E-state index in [0.29, 0.717) is 22.4 Å². The summed E-state index contributed by atoms with van der Waals surface area (Å²) in [5.41, 5.74) is 2.13. The third kappa shape index (κ3) is 3.50. The second-order valence-corrected chi connectivity index (χ2v) is 5.25. The van der Waals surface area contributed by atoms with Crippen molar-refractivity contribution in [1.29, 1.82) is 0 Å². The lowest BCUT2D eigenvalue weighted by Gasteiger charge is -2.03. The van der Waals surface area contributed by atoms with Crippen LogP contribution in [0, 0.1) is 0 Å². The van der Waals surface area contributed by atoms with Gasteiger partial charge in [0.2, 0.25) is 0 Å². The summed E-state index contributed by atoms with van der Waals surface area (Å²) in [6, 6.07) is 20.2. The van der Waals surface area contributed by atoms with Crippen LogP contribution in [0.3, 0.4) is 0 Å². The van der Waals surface area contributed by atoms with Crippen LogP contribution in [-0.4, -0.2) is 22.2 Å². The summed E-state index contributed by atoms with van der Waals surface area (Å²) in [4.78, 5) is 16.7. The minimum absolute atomic E-state index is 0.0214. The number of benzene rings is 3. The predicted octanol–water partition coefficient (Wildman–Crippen LogP) is 4.08. The van der Waals surface area contributed by atoms with Crippen molar-refractivity contribution in [2.75, 3.05) is 0 Å². The minimum Gasteiger partial charge on any atom is -0.508 e. The average Bonchev–Trinajstić information content (AvgIpc) is 2.63. The van der Waals surface area contributed by atoms with E-state index in [1.165, 1.54) is 24.4 Å². The first kappa shape index (κ1) is 15.5. The van der Waals surface area contributed by atoms with Crippen molar-refractivity contribution in [1.82, 2.24) is 0 Å². The molecule has 0 saturated carbocycles. The van der Waals surface area contributed by atoms with E-state index in [4.69, 9.17) is 0 Å². The van der Waals surface area contributed by atoms with E-state index in [2.05, 4.69) is 4.99 Å². The van der Waals surface area contributed by atoms with E-state index >= 15 is 0 Å². The maximum Gasteiger partial charge on any atom is 0.193 e. The van der Waals surface area contributed by atoms with Crippen LogP contribution in [0.1, 0.15) is 21.5 Å². The third-order valence-corrected chi connectivity index (χ3v) is 3.51. The molecule has 0 aliphatic carbocycles. The third-order valence-electron chi connectivity index (χ3n) is 3.51. The lowest BCUT2D eigenvalue weighted by molar-refractivity contribution is 0.103. The Hall–Kier alpha value is -3.40. The standard InChI is InChI=1S/C20H15NO3/c22-18-9-10-19(23)16(12-18)13-21-17-8-4-7-15(11-17)20(24)14-5-2-1-3-6-14/h1-13,22-23H. The fourth-order valence-corrected chi connectivity index (χ4v) is 2.27. The number of phenols is 2. The van der Waals surface area contributed by atoms with E-state index < -0.39 is 0 Å². The first-order valence-electron chi connectivity index (χ1n) is 7.39. The van der Waals surface area contributed by atoms with Crippen LogP contribution >= 0.6 is 0 Å². The summed E-state index contributed by atoms with van der Waals surface area (Å²) in [5.74, 6) is -0.0109. The second kappa shape index (κ2) is 6.79. The van der Waals surface area contributed by atoms with Gasteiger partial charge in [0.15, 0.2) is 5.78 Å². The molecule has 3 rings (SSSR count). The Labute approximate surface area is 139 Å². The fraction of sp³-hybridized carbons (Fsp3) is 0. The molecule has 0 radical (unpaired) electrons. The summed E-state index contributed by atoms with van der Waals surface area (Å²) in [6.07, 6.45) is 1.45. The maximum atomic E-state index is 12.4. The molecule has 0 fully saturated rings. The molecule has 3 aromatic carbocycles. The highest BCUT2D eigenvalue weighted by molar-refractivity contribution is 6.09. The molecule has 118 valence electrons. The SMILES string of the molecule is O=C(c1ccccc1)c1cccc(N=Cc2cc(O)ccc2O)c1. The average molecular weight is 317 g/mol. The molecule has 0 bridgehead atoms. The topological polar surface area (TPSA) is 69.9 Å². The summed E-state index contributed by atoms with van der Waals surface area (Å²) in [7, 11) is 0. The van der Waals surface area contributed by atoms with Crippen LogP contribution in [0.5, 0.6) is 11.5 Å². The van der Waals surface area contributed by atoms with Gasteiger partial charge in [0.25, 0.3) is 0 Å². The lowest BCUT2D eigenvalue weighted by atomic mass is 10.0. The first-order valence-corrected chi connectivity index (χ1v) is 7.39. The molecule has 4 nitrogen and oxygen atoms in total. The molecular formula is C20H15NO3. The maximum absolute atomic E-state index is 12.4. The molecule has 2 N–H and O–H groups in total. The Morgan fingerprint density at radius 3 is 2.38 bits per heavy atom. The van der Waals surface area contributed by atoms with Crippen molar-refractivity contribution >= 4 is 17.7 Å². The van der Waals surface area contributed by atoms with Crippen molar-refractivity contribution in [2.24, 2.45) is 4.99 Å². The highest BCUT2D eigenvalue weighted by Crippen LogP contribution is 2.22. The van der Waals surface area contributed by atoms with Crippen molar-refractivity contribution in [3.05, 3.63) is 89.5 Å². The van der Waals surface area contributed by atoms with Crippen molar-refractivity contribution in [3.8, 4) is 11.5 Å². The number of aromatic hydroxyl groups is 2. The van der Waals surface area contributed by atoms with Crippen LogP contribution in [0.4, 0.5) is 5.69 Å². The fourth-order valence-electron chi connectivity index (χ4n) is 2.27. The molecule has 0 unspecified atom stereocenters. The number of ketones is 1. The van der Waals surface area contributed by atoms with E-state index in [9.17, 15) is 15.0 Å². The number of carbonyl (C=O) groups excluding carboxylic acids is 1. The predicted molar refractivity (Wildman–Crippen MR) is 93.3 cm³/mol. The van der Waals surface area contributed by atoms with E-state index in [0.717, 1.165) is 0 Å². The Bertz CT molecular complexity index is 902. The van der Waals surface area contributed by atoms with Gasteiger partial charge in [-0.2, -0.15) is 0 Å². The molecule has 0 amide bonds. The largest absolute Gasteiger partial charge is 0.508 e. The van der Waals surface area contributed by atoms with Gasteiger partial charge in [-0.3, -0.25) is 9.79 Å². The quantitative estimate of drug-likeness (QED) is 0.433. The van der Waals surface area contributed by atoms with Crippen molar-refractivity contribution in [3.63, 3.8) is 0 Å². The Kier molecular flexibility index (Phi) is 4.38. The number of aliphatic imine (C=N–C) groups is 1. The summed E-state index contributed by atoms with van der Waals surface area (Å²) in [5, 5.41) is 19.2. The van der Waals surface area contributed by atoms with E-state index in [1.807, 2.05) is 18.2 Å². The number of hydrogen-bond acceptors (Lipinski definition) is 4. The molecule has 0 spiro atoms. The molecule has 24 heavy (non-hydrogen) atoms. The number of nitrogens with zero attached hydrogens (tertiary/aromatic N) is 1. The first-order chi connectivity index (χ1) is 11.6. The molecule has 0 aliphatic rings. The second-order valence-electron chi connectivity index (χ2n) is 5.25.